The van der Waals surface area contributed by atoms with E-state index in [9.17, 15) is 14.0 Å². The second-order valence-corrected chi connectivity index (χ2v) is 4.95. The quantitative estimate of drug-likeness (QED) is 0.631. The first-order valence-electron chi connectivity index (χ1n) is 4.86. The average molecular weight is 333 g/mol. The van der Waals surface area contributed by atoms with Crippen LogP contribution in [0.1, 0.15) is 24.3 Å². The molecule has 0 aliphatic carbocycles. The first kappa shape index (κ1) is 11.5. The summed E-state index contributed by atoms with van der Waals surface area (Å²) in [6, 6.07) is 4.52. The van der Waals surface area contributed by atoms with E-state index in [4.69, 9.17) is 0 Å². The lowest BCUT2D eigenvalue weighted by Gasteiger charge is -2.21. The summed E-state index contributed by atoms with van der Waals surface area (Å²) in [5.74, 6) is -1.36. The van der Waals surface area contributed by atoms with Crippen LogP contribution in [0.5, 0.6) is 0 Å². The molecule has 1 fully saturated rings. The van der Waals surface area contributed by atoms with Crippen molar-refractivity contribution in [2.45, 2.75) is 18.8 Å². The summed E-state index contributed by atoms with van der Waals surface area (Å²) in [5.41, 5.74) is 0.634. The van der Waals surface area contributed by atoms with Crippen molar-refractivity contribution in [3.8, 4) is 0 Å². The van der Waals surface area contributed by atoms with Crippen molar-refractivity contribution in [1.29, 1.82) is 0 Å². The Bertz CT molecular complexity index is 441. The number of halogens is 2. The molecule has 1 atom stereocenters. The Balaban J connectivity index is 2.30. The van der Waals surface area contributed by atoms with Gasteiger partial charge in [0.15, 0.2) is 0 Å². The van der Waals surface area contributed by atoms with Gasteiger partial charge < -0.3 is 0 Å². The number of rotatable bonds is 1. The summed E-state index contributed by atoms with van der Waals surface area (Å²) in [6.45, 7) is 0. The third-order valence-corrected chi connectivity index (χ3v) is 3.15. The van der Waals surface area contributed by atoms with E-state index in [1.165, 1.54) is 12.1 Å². The van der Waals surface area contributed by atoms with Crippen LogP contribution in [0.2, 0.25) is 0 Å². The van der Waals surface area contributed by atoms with Crippen molar-refractivity contribution in [3.05, 3.63) is 33.1 Å². The highest BCUT2D eigenvalue weighted by Gasteiger charge is 2.28. The molecule has 1 aromatic rings. The van der Waals surface area contributed by atoms with Gasteiger partial charge in [0.05, 0.1) is 5.92 Å². The molecule has 0 aromatic heterocycles. The van der Waals surface area contributed by atoms with Crippen LogP contribution in [0, 0.1) is 9.39 Å². The fourth-order valence-corrected chi connectivity index (χ4v) is 2.45. The highest BCUT2D eigenvalue weighted by molar-refractivity contribution is 14.1. The molecule has 0 spiro atoms. The molecule has 1 aliphatic heterocycles. The first-order valence-corrected chi connectivity index (χ1v) is 5.94. The Morgan fingerprint density at radius 2 is 2.06 bits per heavy atom. The van der Waals surface area contributed by atoms with Gasteiger partial charge in [-0.2, -0.15) is 0 Å². The van der Waals surface area contributed by atoms with E-state index < -0.39 is 5.92 Å². The Hall–Kier alpha value is -0.980. The summed E-state index contributed by atoms with van der Waals surface area (Å²) >= 11 is 2.00. The molecule has 2 rings (SSSR count). The van der Waals surface area contributed by atoms with E-state index in [0.717, 1.165) is 3.57 Å². The third kappa shape index (κ3) is 2.40. The maximum absolute atomic E-state index is 13.2. The fourth-order valence-electron chi connectivity index (χ4n) is 1.79. The average Bonchev–Trinajstić information content (AvgIpc) is 2.15. The molecule has 1 saturated heterocycles. The summed E-state index contributed by atoms with van der Waals surface area (Å²) in [4.78, 5) is 22.5. The number of imide groups is 1. The van der Waals surface area contributed by atoms with Crippen LogP contribution in [-0.4, -0.2) is 11.8 Å². The van der Waals surface area contributed by atoms with E-state index >= 15 is 0 Å². The minimum absolute atomic E-state index is 0.257. The smallest absolute Gasteiger partial charge is 0.234 e. The lowest BCUT2D eigenvalue weighted by Crippen LogP contribution is -2.39. The second kappa shape index (κ2) is 4.48. The molecule has 84 valence electrons. The molecule has 5 heteroatoms. The maximum atomic E-state index is 13.2. The summed E-state index contributed by atoms with van der Waals surface area (Å²) in [5, 5.41) is 2.26. The van der Waals surface area contributed by atoms with Crippen LogP contribution in [0.4, 0.5) is 4.39 Å². The van der Waals surface area contributed by atoms with E-state index in [-0.39, 0.29) is 17.6 Å². The van der Waals surface area contributed by atoms with E-state index in [1.54, 1.807) is 6.07 Å². The van der Waals surface area contributed by atoms with Gasteiger partial charge in [-0.25, -0.2) is 4.39 Å². The van der Waals surface area contributed by atoms with Crippen molar-refractivity contribution < 1.29 is 14.0 Å². The minimum Gasteiger partial charge on any atom is -0.296 e. The number of nitrogens with one attached hydrogen (secondary N) is 1. The van der Waals surface area contributed by atoms with E-state index in [1.807, 2.05) is 22.6 Å². The van der Waals surface area contributed by atoms with Gasteiger partial charge in [-0.05, 0) is 52.8 Å². The Morgan fingerprint density at radius 1 is 1.31 bits per heavy atom. The van der Waals surface area contributed by atoms with Gasteiger partial charge in [0.25, 0.3) is 0 Å². The van der Waals surface area contributed by atoms with Crippen molar-refractivity contribution in [3.63, 3.8) is 0 Å². The summed E-state index contributed by atoms with van der Waals surface area (Å²) in [6.07, 6.45) is 0.758. The molecule has 0 saturated carbocycles. The van der Waals surface area contributed by atoms with Gasteiger partial charge >= 0.3 is 0 Å². The molecule has 0 bridgehead atoms. The van der Waals surface area contributed by atoms with Crippen LogP contribution in [0.15, 0.2) is 18.2 Å². The van der Waals surface area contributed by atoms with Gasteiger partial charge in [0.1, 0.15) is 5.82 Å². The zero-order valence-electron chi connectivity index (χ0n) is 8.30. The van der Waals surface area contributed by atoms with Gasteiger partial charge in [-0.3, -0.25) is 14.9 Å². The van der Waals surface area contributed by atoms with Gasteiger partial charge in [0.2, 0.25) is 11.8 Å². The molecule has 1 N–H and O–H groups in total. The lowest BCUT2D eigenvalue weighted by atomic mass is 9.90. The third-order valence-electron chi connectivity index (χ3n) is 2.53. The number of carbonyl (C=O) groups is 2. The Morgan fingerprint density at radius 3 is 2.69 bits per heavy atom. The minimum atomic E-state index is -0.415. The normalized spacial score (nSPS) is 20.8. The Labute approximate surface area is 106 Å². The predicted octanol–water partition coefficient (Wildman–Crippen LogP) is 1.95. The highest BCUT2D eigenvalue weighted by Crippen LogP contribution is 2.26. The number of carbonyl (C=O) groups excluding carboxylic acids is 2. The molecule has 0 radical (unpaired) electrons. The molecule has 3 nitrogen and oxygen atoms in total. The first-order chi connectivity index (χ1) is 7.56. The molecule has 1 heterocycles. The van der Waals surface area contributed by atoms with E-state index in [0.29, 0.717) is 18.4 Å². The highest BCUT2D eigenvalue weighted by atomic mass is 127. The molecule has 16 heavy (non-hydrogen) atoms. The van der Waals surface area contributed by atoms with Crippen LogP contribution in [0.3, 0.4) is 0 Å². The molecular formula is C11H9FINO2. The number of benzene rings is 1. The van der Waals surface area contributed by atoms with Gasteiger partial charge in [-0.15, -0.1) is 0 Å². The SMILES string of the molecule is O=C1CCC(c2cc(F)cc(I)c2)C(=O)N1. The standard InChI is InChI=1S/C11H9FINO2/c12-7-3-6(4-8(13)5-7)9-1-2-10(15)14-11(9)16/h3-5,9H,1-2H2,(H,14,15,16). The largest absolute Gasteiger partial charge is 0.296 e. The van der Waals surface area contributed by atoms with Crippen LogP contribution >= 0.6 is 22.6 Å². The monoisotopic (exact) mass is 333 g/mol. The molecule has 1 unspecified atom stereocenters. The van der Waals surface area contributed by atoms with Crippen molar-refractivity contribution >= 4 is 34.4 Å². The summed E-state index contributed by atoms with van der Waals surface area (Å²) < 4.78 is 13.9. The van der Waals surface area contributed by atoms with Crippen molar-refractivity contribution in [2.75, 3.05) is 0 Å². The zero-order chi connectivity index (χ0) is 11.7. The molecule has 1 aliphatic rings. The van der Waals surface area contributed by atoms with Crippen LogP contribution in [0.25, 0.3) is 0 Å². The van der Waals surface area contributed by atoms with Gasteiger partial charge in [0, 0.05) is 9.99 Å². The Kier molecular flexibility index (Phi) is 3.22. The molecular weight excluding hydrogens is 324 g/mol. The van der Waals surface area contributed by atoms with Crippen LogP contribution in [-0.2, 0) is 9.59 Å². The number of hydrogen-bond acceptors (Lipinski definition) is 2. The van der Waals surface area contributed by atoms with Crippen molar-refractivity contribution in [2.24, 2.45) is 0 Å². The zero-order valence-corrected chi connectivity index (χ0v) is 10.5. The lowest BCUT2D eigenvalue weighted by molar-refractivity contribution is -0.134. The van der Waals surface area contributed by atoms with Crippen LogP contribution < -0.4 is 5.32 Å². The number of amides is 2. The number of hydrogen-bond donors (Lipinski definition) is 1. The van der Waals surface area contributed by atoms with Crippen molar-refractivity contribution in [1.82, 2.24) is 5.32 Å². The summed E-state index contributed by atoms with van der Waals surface area (Å²) in [7, 11) is 0. The van der Waals surface area contributed by atoms with Gasteiger partial charge in [-0.1, -0.05) is 0 Å². The van der Waals surface area contributed by atoms with E-state index in [2.05, 4.69) is 5.32 Å². The maximum Gasteiger partial charge on any atom is 0.234 e. The molecule has 1 aromatic carbocycles. The fraction of sp³-hybridized carbons (Fsp3) is 0.273. The second-order valence-electron chi connectivity index (χ2n) is 3.71. The predicted molar refractivity (Wildman–Crippen MR) is 64.2 cm³/mol. The number of piperidine rings is 1. The molecule has 2 amide bonds. The topological polar surface area (TPSA) is 46.2 Å².